The Bertz CT molecular complexity index is 981. The number of nitrogens with zero attached hydrogens (tertiary/aromatic N) is 4. The van der Waals surface area contributed by atoms with E-state index in [2.05, 4.69) is 15.5 Å². The van der Waals surface area contributed by atoms with Crippen LogP contribution in [0, 0.1) is 11.3 Å². The number of hydrogen-bond acceptors (Lipinski definition) is 5. The lowest BCUT2D eigenvalue weighted by atomic mass is 10.2. The number of aromatic nitrogens is 3. The molecule has 0 atom stereocenters. The van der Waals surface area contributed by atoms with Crippen molar-refractivity contribution in [1.29, 1.82) is 5.26 Å². The lowest BCUT2D eigenvalue weighted by Gasteiger charge is -2.07. The number of nitriles is 1. The zero-order chi connectivity index (χ0) is 18.5. The minimum atomic E-state index is -0.252. The second kappa shape index (κ2) is 8.04. The molecular formula is C18H14ClN5OS. The number of rotatable bonds is 5. The van der Waals surface area contributed by atoms with Crippen molar-refractivity contribution >= 4 is 35.0 Å². The van der Waals surface area contributed by atoms with Gasteiger partial charge in [-0.3, -0.25) is 4.79 Å². The third kappa shape index (κ3) is 4.04. The van der Waals surface area contributed by atoms with Crippen molar-refractivity contribution in [3.63, 3.8) is 0 Å². The third-order valence-corrected chi connectivity index (χ3v) is 4.83. The number of thioether (sulfide) groups is 1. The molecule has 2 aromatic carbocycles. The van der Waals surface area contributed by atoms with Gasteiger partial charge in [-0.1, -0.05) is 53.7 Å². The number of halogens is 1. The normalized spacial score (nSPS) is 10.3. The molecule has 1 heterocycles. The zero-order valence-electron chi connectivity index (χ0n) is 13.8. The van der Waals surface area contributed by atoms with E-state index in [1.165, 1.54) is 11.8 Å². The first-order chi connectivity index (χ1) is 12.6. The van der Waals surface area contributed by atoms with Crippen LogP contribution in [0.5, 0.6) is 0 Å². The Labute approximate surface area is 159 Å². The lowest BCUT2D eigenvalue weighted by molar-refractivity contribution is -0.113. The summed E-state index contributed by atoms with van der Waals surface area (Å²) < 4.78 is 1.84. The fourth-order valence-corrected chi connectivity index (χ4v) is 3.20. The summed E-state index contributed by atoms with van der Waals surface area (Å²) in [4.78, 5) is 12.2. The molecule has 0 fully saturated rings. The maximum Gasteiger partial charge on any atom is 0.234 e. The molecule has 0 aliphatic heterocycles. The number of carbonyl (C=O) groups excluding carboxylic acids is 1. The molecule has 3 rings (SSSR count). The van der Waals surface area contributed by atoms with Crippen LogP contribution in [-0.4, -0.2) is 26.4 Å². The van der Waals surface area contributed by atoms with Crippen LogP contribution in [0.15, 0.2) is 53.7 Å². The Morgan fingerprint density at radius 3 is 2.77 bits per heavy atom. The molecule has 0 spiro atoms. The maximum absolute atomic E-state index is 12.2. The van der Waals surface area contributed by atoms with Gasteiger partial charge in [0.05, 0.1) is 17.0 Å². The molecular weight excluding hydrogens is 370 g/mol. The van der Waals surface area contributed by atoms with E-state index in [4.69, 9.17) is 16.9 Å². The number of anilines is 1. The SMILES string of the molecule is Cn1c(SCC(=O)Nc2cc(Cl)ccc2C#N)nnc1-c1ccccc1. The summed E-state index contributed by atoms with van der Waals surface area (Å²) in [5.41, 5.74) is 1.71. The zero-order valence-corrected chi connectivity index (χ0v) is 15.4. The van der Waals surface area contributed by atoms with E-state index in [1.807, 2.05) is 48.0 Å². The maximum atomic E-state index is 12.2. The predicted molar refractivity (Wildman–Crippen MR) is 102 cm³/mol. The van der Waals surface area contributed by atoms with Gasteiger partial charge in [0, 0.05) is 17.6 Å². The molecule has 3 aromatic rings. The standard InChI is InChI=1S/C18H14ClN5OS/c1-24-17(12-5-3-2-4-6-12)22-23-18(24)26-11-16(25)21-15-9-14(19)8-7-13(15)10-20/h2-9H,11H2,1H3,(H,21,25). The van der Waals surface area contributed by atoms with Crippen LogP contribution >= 0.6 is 23.4 Å². The Hall–Kier alpha value is -2.82. The summed E-state index contributed by atoms with van der Waals surface area (Å²) in [6.07, 6.45) is 0. The smallest absolute Gasteiger partial charge is 0.234 e. The molecule has 0 saturated heterocycles. The van der Waals surface area contributed by atoms with Crippen molar-refractivity contribution in [3.05, 3.63) is 59.1 Å². The van der Waals surface area contributed by atoms with Crippen molar-refractivity contribution in [2.45, 2.75) is 5.16 Å². The van der Waals surface area contributed by atoms with Gasteiger partial charge >= 0.3 is 0 Å². The molecule has 1 amide bonds. The molecule has 0 radical (unpaired) electrons. The van der Waals surface area contributed by atoms with Gasteiger partial charge in [0.25, 0.3) is 0 Å². The van der Waals surface area contributed by atoms with Gasteiger partial charge in [0.2, 0.25) is 5.91 Å². The summed E-state index contributed by atoms with van der Waals surface area (Å²) in [6, 6.07) is 16.5. The van der Waals surface area contributed by atoms with E-state index in [9.17, 15) is 4.79 Å². The summed E-state index contributed by atoms with van der Waals surface area (Å²) in [6.45, 7) is 0. The van der Waals surface area contributed by atoms with E-state index < -0.39 is 0 Å². The highest BCUT2D eigenvalue weighted by Crippen LogP contribution is 2.24. The highest BCUT2D eigenvalue weighted by molar-refractivity contribution is 7.99. The van der Waals surface area contributed by atoms with Crippen molar-refractivity contribution in [1.82, 2.24) is 14.8 Å². The summed E-state index contributed by atoms with van der Waals surface area (Å²) in [5.74, 6) is 0.617. The molecule has 26 heavy (non-hydrogen) atoms. The molecule has 0 saturated carbocycles. The second-order valence-electron chi connectivity index (χ2n) is 5.37. The van der Waals surface area contributed by atoms with Crippen LogP contribution in [0.4, 0.5) is 5.69 Å². The minimum Gasteiger partial charge on any atom is -0.324 e. The van der Waals surface area contributed by atoms with Crippen LogP contribution in [0.1, 0.15) is 5.56 Å². The fourth-order valence-electron chi connectivity index (χ4n) is 2.31. The summed E-state index contributed by atoms with van der Waals surface area (Å²) in [7, 11) is 1.85. The molecule has 130 valence electrons. The van der Waals surface area contributed by atoms with Gasteiger partial charge in [-0.15, -0.1) is 10.2 Å². The van der Waals surface area contributed by atoms with E-state index in [-0.39, 0.29) is 11.7 Å². The van der Waals surface area contributed by atoms with Crippen molar-refractivity contribution in [2.24, 2.45) is 7.05 Å². The first-order valence-electron chi connectivity index (χ1n) is 7.65. The Morgan fingerprint density at radius 1 is 1.27 bits per heavy atom. The fraction of sp³-hybridized carbons (Fsp3) is 0.111. The van der Waals surface area contributed by atoms with Gasteiger partial charge in [-0.25, -0.2) is 0 Å². The Morgan fingerprint density at radius 2 is 2.04 bits per heavy atom. The van der Waals surface area contributed by atoms with Gasteiger partial charge in [0.1, 0.15) is 6.07 Å². The number of hydrogen-bond donors (Lipinski definition) is 1. The first kappa shape index (κ1) is 18.0. The molecule has 1 aromatic heterocycles. The van der Waals surface area contributed by atoms with Gasteiger partial charge in [-0.05, 0) is 18.2 Å². The molecule has 0 aliphatic rings. The van der Waals surface area contributed by atoms with Crippen molar-refractivity contribution in [3.8, 4) is 17.5 Å². The predicted octanol–water partition coefficient (Wildman–Crippen LogP) is 3.74. The molecule has 0 bridgehead atoms. The van der Waals surface area contributed by atoms with Crippen LogP contribution in [0.3, 0.4) is 0 Å². The highest BCUT2D eigenvalue weighted by atomic mass is 35.5. The van der Waals surface area contributed by atoms with Gasteiger partial charge in [0.15, 0.2) is 11.0 Å². The average molecular weight is 384 g/mol. The highest BCUT2D eigenvalue weighted by Gasteiger charge is 2.13. The van der Waals surface area contributed by atoms with Crippen molar-refractivity contribution in [2.75, 3.05) is 11.1 Å². The van der Waals surface area contributed by atoms with E-state index in [1.54, 1.807) is 18.2 Å². The van der Waals surface area contributed by atoms with Crippen LogP contribution < -0.4 is 5.32 Å². The number of nitrogens with one attached hydrogen (secondary N) is 1. The molecule has 8 heteroatoms. The molecule has 6 nitrogen and oxygen atoms in total. The van der Waals surface area contributed by atoms with Crippen LogP contribution in [0.25, 0.3) is 11.4 Å². The Kier molecular flexibility index (Phi) is 5.56. The Balaban J connectivity index is 1.67. The van der Waals surface area contributed by atoms with Crippen molar-refractivity contribution < 1.29 is 4.79 Å². The molecule has 0 unspecified atom stereocenters. The van der Waals surface area contributed by atoms with Gasteiger partial charge in [-0.2, -0.15) is 5.26 Å². The minimum absolute atomic E-state index is 0.137. The monoisotopic (exact) mass is 383 g/mol. The summed E-state index contributed by atoms with van der Waals surface area (Å²) in [5, 5.41) is 21.2. The number of benzene rings is 2. The number of carbonyl (C=O) groups is 1. The second-order valence-corrected chi connectivity index (χ2v) is 6.75. The summed E-state index contributed by atoms with van der Waals surface area (Å²) >= 11 is 7.19. The average Bonchev–Trinajstić information content (AvgIpc) is 3.01. The van der Waals surface area contributed by atoms with Gasteiger partial charge < -0.3 is 9.88 Å². The van der Waals surface area contributed by atoms with Crippen LogP contribution in [-0.2, 0) is 11.8 Å². The molecule has 1 N–H and O–H groups in total. The van der Waals surface area contributed by atoms with E-state index in [0.717, 1.165) is 11.4 Å². The van der Waals surface area contributed by atoms with E-state index >= 15 is 0 Å². The van der Waals surface area contributed by atoms with E-state index in [0.29, 0.717) is 21.4 Å². The first-order valence-corrected chi connectivity index (χ1v) is 9.02. The lowest BCUT2D eigenvalue weighted by Crippen LogP contribution is -2.15. The molecule has 0 aliphatic carbocycles. The number of amides is 1. The topological polar surface area (TPSA) is 83.6 Å². The largest absolute Gasteiger partial charge is 0.324 e. The third-order valence-electron chi connectivity index (χ3n) is 3.58. The van der Waals surface area contributed by atoms with Crippen LogP contribution in [0.2, 0.25) is 5.02 Å². The quantitative estimate of drug-likeness (QED) is 0.678.